The summed E-state index contributed by atoms with van der Waals surface area (Å²) in [5.41, 5.74) is 0.794. The summed E-state index contributed by atoms with van der Waals surface area (Å²) in [6, 6.07) is 1.52. The summed E-state index contributed by atoms with van der Waals surface area (Å²) in [5, 5.41) is 13.9. The Labute approximate surface area is 99.2 Å². The molecule has 6 heteroatoms. The number of aryl methyl sites for hydroxylation is 1. The molecule has 0 aliphatic carbocycles. The zero-order chi connectivity index (χ0) is 12.3. The minimum atomic E-state index is -0.419. The van der Waals surface area contributed by atoms with Crippen LogP contribution < -0.4 is 5.32 Å². The first-order valence-corrected chi connectivity index (χ1v) is 5.63. The number of nitrogens with zero attached hydrogens (tertiary/aromatic N) is 2. The first-order valence-electron chi connectivity index (χ1n) is 5.63. The van der Waals surface area contributed by atoms with Gasteiger partial charge >= 0.3 is 5.69 Å². The molecule has 1 aromatic rings. The van der Waals surface area contributed by atoms with Crippen LogP contribution in [-0.4, -0.2) is 29.2 Å². The van der Waals surface area contributed by atoms with Crippen LogP contribution >= 0.6 is 0 Å². The van der Waals surface area contributed by atoms with E-state index >= 15 is 0 Å². The van der Waals surface area contributed by atoms with Crippen molar-refractivity contribution in [2.24, 2.45) is 0 Å². The van der Waals surface area contributed by atoms with E-state index in [1.54, 1.807) is 13.1 Å². The average Bonchev–Trinajstić information content (AvgIpc) is 2.80. The van der Waals surface area contributed by atoms with Crippen molar-refractivity contribution in [1.29, 1.82) is 0 Å². The zero-order valence-electron chi connectivity index (χ0n) is 9.68. The van der Waals surface area contributed by atoms with Gasteiger partial charge in [-0.05, 0) is 25.3 Å². The quantitative estimate of drug-likeness (QED) is 0.639. The highest BCUT2D eigenvalue weighted by Gasteiger charge is 2.19. The van der Waals surface area contributed by atoms with E-state index in [-0.39, 0.29) is 11.8 Å². The molecule has 0 saturated carbocycles. The van der Waals surface area contributed by atoms with E-state index in [1.807, 2.05) is 0 Å². The summed E-state index contributed by atoms with van der Waals surface area (Å²) >= 11 is 0. The molecule has 1 aliphatic rings. The molecule has 0 aromatic carbocycles. The molecule has 0 radical (unpaired) electrons. The number of aromatic nitrogens is 1. The fourth-order valence-corrected chi connectivity index (χ4v) is 1.84. The van der Waals surface area contributed by atoms with Crippen molar-refractivity contribution in [3.05, 3.63) is 27.9 Å². The number of nitro groups is 1. The Morgan fingerprint density at radius 1 is 1.71 bits per heavy atom. The van der Waals surface area contributed by atoms with Gasteiger partial charge < -0.3 is 10.1 Å². The second-order valence-electron chi connectivity index (χ2n) is 4.15. The van der Waals surface area contributed by atoms with Gasteiger partial charge in [-0.3, -0.25) is 10.1 Å². The average molecular weight is 237 g/mol. The van der Waals surface area contributed by atoms with Crippen molar-refractivity contribution in [2.45, 2.75) is 25.9 Å². The SMILES string of the molecule is Cc1cnc(NCC2CCCO2)c([N+](=O)[O-])c1. The predicted octanol–water partition coefficient (Wildman–Crippen LogP) is 1.89. The maximum absolute atomic E-state index is 10.9. The van der Waals surface area contributed by atoms with Crippen LogP contribution in [-0.2, 0) is 4.74 Å². The van der Waals surface area contributed by atoms with Crippen molar-refractivity contribution in [2.75, 3.05) is 18.5 Å². The summed E-state index contributed by atoms with van der Waals surface area (Å²) in [7, 11) is 0. The smallest absolute Gasteiger partial charge is 0.311 e. The summed E-state index contributed by atoms with van der Waals surface area (Å²) in [6.45, 7) is 3.12. The third-order valence-electron chi connectivity index (χ3n) is 2.72. The Balaban J connectivity index is 2.06. The lowest BCUT2D eigenvalue weighted by molar-refractivity contribution is -0.384. The lowest BCUT2D eigenvalue weighted by Crippen LogP contribution is -2.19. The van der Waals surface area contributed by atoms with E-state index in [0.29, 0.717) is 12.4 Å². The van der Waals surface area contributed by atoms with Gasteiger partial charge in [0.25, 0.3) is 0 Å². The third kappa shape index (κ3) is 2.91. The normalized spacial score (nSPS) is 19.2. The van der Waals surface area contributed by atoms with Crippen LogP contribution in [0.15, 0.2) is 12.3 Å². The van der Waals surface area contributed by atoms with Crippen molar-refractivity contribution in [1.82, 2.24) is 4.98 Å². The molecular formula is C11H15N3O3. The number of nitrogens with one attached hydrogen (secondary N) is 1. The molecule has 0 amide bonds. The van der Waals surface area contributed by atoms with Crippen molar-refractivity contribution in [3.63, 3.8) is 0 Å². The number of anilines is 1. The first kappa shape index (κ1) is 11.8. The molecule has 6 nitrogen and oxygen atoms in total. The summed E-state index contributed by atoms with van der Waals surface area (Å²) in [5.74, 6) is 0.316. The minimum absolute atomic E-state index is 0.0167. The van der Waals surface area contributed by atoms with E-state index in [1.165, 1.54) is 6.07 Å². The molecule has 1 fully saturated rings. The van der Waals surface area contributed by atoms with Crippen molar-refractivity contribution >= 4 is 11.5 Å². The number of pyridine rings is 1. The summed E-state index contributed by atoms with van der Waals surface area (Å²) in [4.78, 5) is 14.5. The van der Waals surface area contributed by atoms with Crippen molar-refractivity contribution < 1.29 is 9.66 Å². The van der Waals surface area contributed by atoms with Gasteiger partial charge in [-0.2, -0.15) is 0 Å². The van der Waals surface area contributed by atoms with Crippen LogP contribution in [0.2, 0.25) is 0 Å². The highest BCUT2D eigenvalue weighted by atomic mass is 16.6. The maximum atomic E-state index is 10.9. The highest BCUT2D eigenvalue weighted by Crippen LogP contribution is 2.23. The molecule has 17 heavy (non-hydrogen) atoms. The number of hydrogen-bond acceptors (Lipinski definition) is 5. The Morgan fingerprint density at radius 3 is 3.18 bits per heavy atom. The molecule has 1 aromatic heterocycles. The van der Waals surface area contributed by atoms with Crippen LogP contribution in [0, 0.1) is 17.0 Å². The largest absolute Gasteiger partial charge is 0.376 e. The molecule has 1 saturated heterocycles. The van der Waals surface area contributed by atoms with Gasteiger partial charge in [-0.1, -0.05) is 0 Å². The van der Waals surface area contributed by atoms with Crippen LogP contribution in [0.3, 0.4) is 0 Å². The van der Waals surface area contributed by atoms with E-state index in [4.69, 9.17) is 4.74 Å². The molecule has 2 rings (SSSR count). The second kappa shape index (κ2) is 5.09. The third-order valence-corrected chi connectivity index (χ3v) is 2.72. The monoisotopic (exact) mass is 237 g/mol. The zero-order valence-corrected chi connectivity index (χ0v) is 9.68. The Morgan fingerprint density at radius 2 is 2.53 bits per heavy atom. The topological polar surface area (TPSA) is 77.3 Å². The minimum Gasteiger partial charge on any atom is -0.376 e. The summed E-state index contributed by atoms with van der Waals surface area (Å²) < 4.78 is 5.44. The number of hydrogen-bond donors (Lipinski definition) is 1. The van der Waals surface area contributed by atoms with Gasteiger partial charge in [0.15, 0.2) is 0 Å². The molecule has 0 spiro atoms. The van der Waals surface area contributed by atoms with Crippen LogP contribution in [0.25, 0.3) is 0 Å². The van der Waals surface area contributed by atoms with Gasteiger partial charge in [-0.25, -0.2) is 4.98 Å². The first-order chi connectivity index (χ1) is 8.16. The standard InChI is InChI=1S/C11H15N3O3/c1-8-5-10(14(15)16)11(12-6-8)13-7-9-3-2-4-17-9/h5-6,9H,2-4,7H2,1H3,(H,12,13). The van der Waals surface area contributed by atoms with Gasteiger partial charge in [0.2, 0.25) is 5.82 Å². The van der Waals surface area contributed by atoms with Crippen LogP contribution in [0.5, 0.6) is 0 Å². The van der Waals surface area contributed by atoms with Gasteiger partial charge in [-0.15, -0.1) is 0 Å². The van der Waals surface area contributed by atoms with E-state index in [2.05, 4.69) is 10.3 Å². The summed E-state index contributed by atoms with van der Waals surface area (Å²) in [6.07, 6.45) is 3.80. The lowest BCUT2D eigenvalue weighted by Gasteiger charge is -2.11. The Bertz CT molecular complexity index is 416. The molecule has 1 atom stereocenters. The molecule has 2 heterocycles. The second-order valence-corrected chi connectivity index (χ2v) is 4.15. The molecule has 1 aliphatic heterocycles. The van der Waals surface area contributed by atoms with Crippen LogP contribution in [0.4, 0.5) is 11.5 Å². The highest BCUT2D eigenvalue weighted by molar-refractivity contribution is 5.56. The molecule has 1 unspecified atom stereocenters. The molecular weight excluding hydrogens is 222 g/mol. The number of rotatable bonds is 4. The van der Waals surface area contributed by atoms with E-state index in [0.717, 1.165) is 25.0 Å². The van der Waals surface area contributed by atoms with Crippen LogP contribution in [0.1, 0.15) is 18.4 Å². The van der Waals surface area contributed by atoms with Crippen molar-refractivity contribution in [3.8, 4) is 0 Å². The fourth-order valence-electron chi connectivity index (χ4n) is 1.84. The molecule has 1 N–H and O–H groups in total. The van der Waals surface area contributed by atoms with E-state index in [9.17, 15) is 10.1 Å². The lowest BCUT2D eigenvalue weighted by atomic mass is 10.2. The molecule has 0 bridgehead atoms. The Hall–Kier alpha value is -1.69. The fraction of sp³-hybridized carbons (Fsp3) is 0.545. The molecule has 92 valence electrons. The maximum Gasteiger partial charge on any atom is 0.311 e. The Kier molecular flexibility index (Phi) is 3.53. The number of ether oxygens (including phenoxy) is 1. The van der Waals surface area contributed by atoms with Gasteiger partial charge in [0.05, 0.1) is 11.0 Å². The van der Waals surface area contributed by atoms with Gasteiger partial charge in [0, 0.05) is 25.4 Å². The van der Waals surface area contributed by atoms with E-state index < -0.39 is 4.92 Å². The predicted molar refractivity (Wildman–Crippen MR) is 63.1 cm³/mol. The van der Waals surface area contributed by atoms with Gasteiger partial charge in [0.1, 0.15) is 0 Å².